The first-order chi connectivity index (χ1) is 8.93. The van der Waals surface area contributed by atoms with Crippen molar-refractivity contribution in [1.82, 2.24) is 5.32 Å². The maximum atomic E-state index is 11.9. The van der Waals surface area contributed by atoms with Gasteiger partial charge in [0.15, 0.2) is 0 Å². The summed E-state index contributed by atoms with van der Waals surface area (Å²) in [4.78, 5) is 34.1. The fourth-order valence-electron chi connectivity index (χ4n) is 1.52. The molecule has 0 saturated carbocycles. The Balaban J connectivity index is 2.73. The standard InChI is InChI=1S/C14H17NO4/c1-3-11(16)8-12(14(18)19)15-13(17)10-6-4-9(2)5-7-10/h4-7,12H,3,8H2,1-2H3,(H,15,17)(H,18,19). The molecule has 0 aliphatic heterocycles. The molecular formula is C14H17NO4. The molecule has 0 aliphatic carbocycles. The summed E-state index contributed by atoms with van der Waals surface area (Å²) in [5, 5.41) is 11.3. The lowest BCUT2D eigenvalue weighted by atomic mass is 10.1. The zero-order valence-corrected chi connectivity index (χ0v) is 11.0. The van der Waals surface area contributed by atoms with Crippen LogP contribution in [0.5, 0.6) is 0 Å². The SMILES string of the molecule is CCC(=O)CC(NC(=O)c1ccc(C)cc1)C(=O)O. The van der Waals surface area contributed by atoms with Gasteiger partial charge in [0.05, 0.1) is 0 Å². The summed E-state index contributed by atoms with van der Waals surface area (Å²) in [7, 11) is 0. The number of rotatable bonds is 6. The Kier molecular flexibility index (Phi) is 5.23. The minimum Gasteiger partial charge on any atom is -0.480 e. The van der Waals surface area contributed by atoms with E-state index in [0.29, 0.717) is 5.56 Å². The van der Waals surface area contributed by atoms with Crippen LogP contribution in [0.3, 0.4) is 0 Å². The highest BCUT2D eigenvalue weighted by Crippen LogP contribution is 2.05. The molecule has 0 saturated heterocycles. The summed E-state index contributed by atoms with van der Waals surface area (Å²) in [5.41, 5.74) is 1.38. The van der Waals surface area contributed by atoms with Gasteiger partial charge in [-0.2, -0.15) is 0 Å². The smallest absolute Gasteiger partial charge is 0.326 e. The first-order valence-corrected chi connectivity index (χ1v) is 6.06. The highest BCUT2D eigenvalue weighted by Gasteiger charge is 2.22. The number of aryl methyl sites for hydroxylation is 1. The third-order valence-corrected chi connectivity index (χ3v) is 2.74. The van der Waals surface area contributed by atoms with Crippen molar-refractivity contribution < 1.29 is 19.5 Å². The Morgan fingerprint density at radius 2 is 1.79 bits per heavy atom. The minimum atomic E-state index is -1.21. The van der Waals surface area contributed by atoms with Crippen LogP contribution in [-0.2, 0) is 9.59 Å². The van der Waals surface area contributed by atoms with Gasteiger partial charge < -0.3 is 10.4 Å². The van der Waals surface area contributed by atoms with Crippen LogP contribution in [0.1, 0.15) is 35.7 Å². The average Bonchev–Trinajstić information content (AvgIpc) is 2.38. The number of nitrogens with one attached hydrogen (secondary N) is 1. The number of carbonyl (C=O) groups excluding carboxylic acids is 2. The number of carbonyl (C=O) groups is 3. The number of benzene rings is 1. The van der Waals surface area contributed by atoms with E-state index >= 15 is 0 Å². The Morgan fingerprint density at radius 1 is 1.21 bits per heavy atom. The summed E-state index contributed by atoms with van der Waals surface area (Å²) in [6.45, 7) is 3.55. The number of Topliss-reactive ketones (excluding diaryl/α,β-unsaturated/α-hetero) is 1. The monoisotopic (exact) mass is 263 g/mol. The van der Waals surface area contributed by atoms with E-state index in [1.165, 1.54) is 0 Å². The molecule has 5 heteroatoms. The second-order valence-electron chi connectivity index (χ2n) is 4.33. The molecule has 2 N–H and O–H groups in total. The average molecular weight is 263 g/mol. The van der Waals surface area contributed by atoms with Crippen molar-refractivity contribution in [2.45, 2.75) is 32.7 Å². The van der Waals surface area contributed by atoms with Crippen LogP contribution in [0.15, 0.2) is 24.3 Å². The fourth-order valence-corrected chi connectivity index (χ4v) is 1.52. The van der Waals surface area contributed by atoms with E-state index in [0.717, 1.165) is 5.56 Å². The third kappa shape index (κ3) is 4.54. The lowest BCUT2D eigenvalue weighted by molar-refractivity contribution is -0.141. The third-order valence-electron chi connectivity index (χ3n) is 2.74. The first-order valence-electron chi connectivity index (χ1n) is 6.06. The Hall–Kier alpha value is -2.17. The molecule has 0 aliphatic rings. The molecule has 1 rings (SSSR count). The van der Waals surface area contributed by atoms with Crippen molar-refractivity contribution in [2.24, 2.45) is 0 Å². The lowest BCUT2D eigenvalue weighted by Crippen LogP contribution is -2.42. The molecule has 19 heavy (non-hydrogen) atoms. The maximum absolute atomic E-state index is 11.9. The van der Waals surface area contributed by atoms with Gasteiger partial charge in [-0.15, -0.1) is 0 Å². The number of amides is 1. The van der Waals surface area contributed by atoms with Crippen molar-refractivity contribution in [3.8, 4) is 0 Å². The highest BCUT2D eigenvalue weighted by atomic mass is 16.4. The largest absolute Gasteiger partial charge is 0.480 e. The van der Waals surface area contributed by atoms with Crippen LogP contribution in [0.2, 0.25) is 0 Å². The molecule has 1 amide bonds. The van der Waals surface area contributed by atoms with E-state index in [1.807, 2.05) is 6.92 Å². The van der Waals surface area contributed by atoms with E-state index in [9.17, 15) is 14.4 Å². The van der Waals surface area contributed by atoms with Gasteiger partial charge in [0, 0.05) is 18.4 Å². The number of carboxylic acids is 1. The number of ketones is 1. The molecule has 0 fully saturated rings. The van der Waals surface area contributed by atoms with Crippen molar-refractivity contribution in [3.63, 3.8) is 0 Å². The van der Waals surface area contributed by atoms with Crippen LogP contribution < -0.4 is 5.32 Å². The van der Waals surface area contributed by atoms with E-state index in [-0.39, 0.29) is 18.6 Å². The predicted octanol–water partition coefficient (Wildman–Crippen LogP) is 1.55. The van der Waals surface area contributed by atoms with Gasteiger partial charge in [-0.05, 0) is 19.1 Å². The lowest BCUT2D eigenvalue weighted by Gasteiger charge is -2.13. The van der Waals surface area contributed by atoms with Crippen LogP contribution in [0.25, 0.3) is 0 Å². The predicted molar refractivity (Wildman–Crippen MR) is 70.0 cm³/mol. The zero-order chi connectivity index (χ0) is 14.4. The summed E-state index contributed by atoms with van der Waals surface area (Å²) < 4.78 is 0. The first kappa shape index (κ1) is 14.9. The molecule has 1 aromatic rings. The zero-order valence-electron chi connectivity index (χ0n) is 11.0. The number of aliphatic carboxylic acids is 1. The summed E-state index contributed by atoms with van der Waals surface area (Å²) in [5.74, 6) is -1.89. The number of carboxylic acid groups (broad SMARTS) is 1. The van der Waals surface area contributed by atoms with Crippen LogP contribution in [0, 0.1) is 6.92 Å². The van der Waals surface area contributed by atoms with Crippen LogP contribution in [0.4, 0.5) is 0 Å². The van der Waals surface area contributed by atoms with Gasteiger partial charge >= 0.3 is 5.97 Å². The molecule has 0 heterocycles. The molecule has 1 unspecified atom stereocenters. The van der Waals surface area contributed by atoms with Gasteiger partial charge in [0.25, 0.3) is 5.91 Å². The molecule has 0 spiro atoms. The van der Waals surface area contributed by atoms with E-state index in [2.05, 4.69) is 5.32 Å². The van der Waals surface area contributed by atoms with Crippen molar-refractivity contribution in [2.75, 3.05) is 0 Å². The number of hydrogen-bond acceptors (Lipinski definition) is 3. The summed E-state index contributed by atoms with van der Waals surface area (Å²) >= 11 is 0. The van der Waals surface area contributed by atoms with Crippen LogP contribution >= 0.6 is 0 Å². The Morgan fingerprint density at radius 3 is 2.26 bits per heavy atom. The number of hydrogen-bond donors (Lipinski definition) is 2. The van der Waals surface area contributed by atoms with Gasteiger partial charge in [-0.25, -0.2) is 4.79 Å². The van der Waals surface area contributed by atoms with E-state index in [4.69, 9.17) is 5.11 Å². The molecule has 1 atom stereocenters. The molecule has 0 radical (unpaired) electrons. The van der Waals surface area contributed by atoms with Crippen molar-refractivity contribution >= 4 is 17.7 Å². The Labute approximate surface area is 111 Å². The fraction of sp³-hybridized carbons (Fsp3) is 0.357. The highest BCUT2D eigenvalue weighted by molar-refractivity contribution is 5.97. The normalized spacial score (nSPS) is 11.7. The van der Waals surface area contributed by atoms with Gasteiger partial charge in [0.1, 0.15) is 11.8 Å². The molecule has 0 aromatic heterocycles. The second-order valence-corrected chi connectivity index (χ2v) is 4.33. The summed E-state index contributed by atoms with van der Waals surface area (Å²) in [6, 6.07) is 5.58. The van der Waals surface area contributed by atoms with Crippen LogP contribution in [-0.4, -0.2) is 28.8 Å². The minimum absolute atomic E-state index is 0.191. The van der Waals surface area contributed by atoms with Crippen molar-refractivity contribution in [1.29, 1.82) is 0 Å². The summed E-state index contributed by atoms with van der Waals surface area (Å²) in [6.07, 6.45) is 0.0631. The van der Waals surface area contributed by atoms with Gasteiger partial charge in [-0.3, -0.25) is 9.59 Å². The van der Waals surface area contributed by atoms with Gasteiger partial charge in [-0.1, -0.05) is 24.6 Å². The second kappa shape index (κ2) is 6.68. The quantitative estimate of drug-likeness (QED) is 0.815. The molecule has 102 valence electrons. The molecule has 0 bridgehead atoms. The van der Waals surface area contributed by atoms with E-state index in [1.54, 1.807) is 31.2 Å². The molecule has 1 aromatic carbocycles. The molecule has 5 nitrogen and oxygen atoms in total. The van der Waals surface area contributed by atoms with Crippen molar-refractivity contribution in [3.05, 3.63) is 35.4 Å². The van der Waals surface area contributed by atoms with Gasteiger partial charge in [0.2, 0.25) is 0 Å². The Bertz CT molecular complexity index is 479. The topological polar surface area (TPSA) is 83.5 Å². The van der Waals surface area contributed by atoms with E-state index < -0.39 is 17.9 Å². The molecular weight excluding hydrogens is 246 g/mol. The maximum Gasteiger partial charge on any atom is 0.326 e.